The zero-order valence-electron chi connectivity index (χ0n) is 13.4. The minimum Gasteiger partial charge on any atom is -0.502 e. The van der Waals surface area contributed by atoms with Crippen molar-refractivity contribution in [1.29, 1.82) is 0 Å². The van der Waals surface area contributed by atoms with Crippen LogP contribution in [-0.4, -0.2) is 33.1 Å². The van der Waals surface area contributed by atoms with Gasteiger partial charge in [0, 0.05) is 16.1 Å². The number of nitro benzene ring substituents is 1. The first-order chi connectivity index (χ1) is 12.4. The van der Waals surface area contributed by atoms with Crippen LogP contribution in [0.1, 0.15) is 18.4 Å². The molecule has 134 valence electrons. The van der Waals surface area contributed by atoms with Crippen LogP contribution in [0, 0.1) is 33.8 Å². The molecule has 1 heterocycles. The monoisotopic (exact) mass is 419 g/mol. The Morgan fingerprint density at radius 2 is 1.77 bits per heavy atom. The van der Waals surface area contributed by atoms with Crippen molar-refractivity contribution in [3.05, 3.63) is 44.4 Å². The average molecular weight is 420 g/mol. The van der Waals surface area contributed by atoms with Crippen LogP contribution >= 0.6 is 15.9 Å². The highest BCUT2D eigenvalue weighted by molar-refractivity contribution is 9.10. The highest BCUT2D eigenvalue weighted by Crippen LogP contribution is 2.49. The van der Waals surface area contributed by atoms with Gasteiger partial charge in [0.2, 0.25) is 5.75 Å². The van der Waals surface area contributed by atoms with Crippen molar-refractivity contribution in [3.8, 4) is 5.75 Å². The average Bonchev–Trinajstić information content (AvgIpc) is 2.89. The predicted molar refractivity (Wildman–Crippen MR) is 94.2 cm³/mol. The van der Waals surface area contributed by atoms with Crippen molar-refractivity contribution in [3.63, 3.8) is 0 Å². The zero-order valence-corrected chi connectivity index (χ0v) is 15.0. The molecule has 8 nitrogen and oxygen atoms in total. The van der Waals surface area contributed by atoms with Crippen molar-refractivity contribution in [2.45, 2.75) is 12.8 Å². The summed E-state index contributed by atoms with van der Waals surface area (Å²) in [6, 6.07) is 2.59. The van der Waals surface area contributed by atoms with Crippen molar-refractivity contribution in [2.75, 3.05) is 0 Å². The van der Waals surface area contributed by atoms with Crippen LogP contribution in [0.15, 0.2) is 33.9 Å². The van der Waals surface area contributed by atoms with E-state index in [1.165, 1.54) is 6.07 Å². The van der Waals surface area contributed by atoms with Crippen LogP contribution in [0.2, 0.25) is 0 Å². The minimum absolute atomic E-state index is 0.0441. The summed E-state index contributed by atoms with van der Waals surface area (Å²) in [6.45, 7) is 0. The van der Waals surface area contributed by atoms with Gasteiger partial charge >= 0.3 is 5.69 Å². The minimum atomic E-state index is -0.721. The Kier molecular flexibility index (Phi) is 3.91. The lowest BCUT2D eigenvalue weighted by Gasteiger charge is -2.37. The lowest BCUT2D eigenvalue weighted by atomic mass is 9.63. The number of hydrogen-bond acceptors (Lipinski definition) is 6. The van der Waals surface area contributed by atoms with Gasteiger partial charge in [-0.05, 0) is 30.7 Å². The second-order valence-electron chi connectivity index (χ2n) is 6.69. The number of carbonyl (C=O) groups excluding carboxylic acids is 2. The summed E-state index contributed by atoms with van der Waals surface area (Å²) in [5.74, 6) is -1.91. The molecule has 2 amide bonds. The highest BCUT2D eigenvalue weighted by Gasteiger charge is 2.56. The van der Waals surface area contributed by atoms with E-state index in [2.05, 4.69) is 21.0 Å². The number of carbonyl (C=O) groups is 2. The van der Waals surface area contributed by atoms with Gasteiger partial charge in [0.1, 0.15) is 0 Å². The van der Waals surface area contributed by atoms with E-state index in [0.29, 0.717) is 4.47 Å². The van der Waals surface area contributed by atoms with Crippen LogP contribution in [0.5, 0.6) is 5.75 Å². The Morgan fingerprint density at radius 1 is 1.19 bits per heavy atom. The molecular formula is C17H14BrN3O5. The summed E-state index contributed by atoms with van der Waals surface area (Å²) in [7, 11) is 0. The van der Waals surface area contributed by atoms with E-state index in [9.17, 15) is 24.8 Å². The molecule has 5 rings (SSSR count). The Hall–Kier alpha value is -2.55. The molecule has 2 fully saturated rings. The first-order valence-corrected chi connectivity index (χ1v) is 8.95. The molecular weight excluding hydrogens is 406 g/mol. The largest absolute Gasteiger partial charge is 0.502 e. The Balaban J connectivity index is 1.65. The quantitative estimate of drug-likeness (QED) is 0.266. The van der Waals surface area contributed by atoms with E-state index in [-0.39, 0.29) is 41.0 Å². The molecule has 1 aromatic carbocycles. The van der Waals surface area contributed by atoms with E-state index >= 15 is 0 Å². The normalized spacial score (nSPS) is 29.7. The fourth-order valence-electron chi connectivity index (χ4n) is 4.14. The molecule has 1 N–H and O–H groups in total. The summed E-state index contributed by atoms with van der Waals surface area (Å²) in [5.41, 5.74) is -0.446. The lowest BCUT2D eigenvalue weighted by Crippen LogP contribution is -2.38. The maximum Gasteiger partial charge on any atom is 0.312 e. The number of nitro groups is 1. The Labute approximate surface area is 156 Å². The van der Waals surface area contributed by atoms with Gasteiger partial charge in [0.25, 0.3) is 11.8 Å². The molecule has 1 saturated carbocycles. The SMILES string of the molecule is O=C1[C@@H]2[C@H](C(=O)N1/N=C\c1cc(Br)cc([N+](=O)[O-])c1O)[C@H]1C=C[C@H]2CC1. The van der Waals surface area contributed by atoms with Crippen molar-refractivity contribution in [2.24, 2.45) is 28.8 Å². The molecule has 3 aliphatic carbocycles. The summed E-state index contributed by atoms with van der Waals surface area (Å²) in [6.07, 6.45) is 6.90. The first kappa shape index (κ1) is 16.9. The number of nitrogens with zero attached hydrogens (tertiary/aromatic N) is 3. The maximum absolute atomic E-state index is 12.7. The number of phenols is 1. The van der Waals surface area contributed by atoms with Gasteiger partial charge in [-0.2, -0.15) is 10.1 Å². The first-order valence-electron chi connectivity index (χ1n) is 8.15. The third-order valence-corrected chi connectivity index (χ3v) is 5.79. The molecule has 0 unspecified atom stereocenters. The zero-order chi connectivity index (χ0) is 18.6. The fraction of sp³-hybridized carbons (Fsp3) is 0.353. The number of imide groups is 1. The molecule has 1 saturated heterocycles. The van der Waals surface area contributed by atoms with E-state index in [0.717, 1.165) is 30.1 Å². The smallest absolute Gasteiger partial charge is 0.312 e. The molecule has 9 heteroatoms. The molecule has 4 aliphatic rings. The molecule has 1 aliphatic heterocycles. The van der Waals surface area contributed by atoms with Gasteiger partial charge in [-0.25, -0.2) is 0 Å². The number of aromatic hydroxyl groups is 1. The number of fused-ring (bicyclic) bond motifs is 1. The molecule has 0 aromatic heterocycles. The molecule has 4 atom stereocenters. The van der Waals surface area contributed by atoms with Crippen LogP contribution in [-0.2, 0) is 9.59 Å². The van der Waals surface area contributed by atoms with Crippen molar-refractivity contribution < 1.29 is 19.6 Å². The van der Waals surface area contributed by atoms with Crippen molar-refractivity contribution >= 4 is 39.6 Å². The topological polar surface area (TPSA) is 113 Å². The predicted octanol–water partition coefficient (Wildman–Crippen LogP) is 2.59. The summed E-state index contributed by atoms with van der Waals surface area (Å²) < 4.78 is 0.374. The van der Waals surface area contributed by atoms with Gasteiger partial charge in [0.15, 0.2) is 0 Å². The number of allylic oxidation sites excluding steroid dienone is 2. The van der Waals surface area contributed by atoms with Gasteiger partial charge in [-0.1, -0.05) is 28.1 Å². The van der Waals surface area contributed by atoms with Crippen LogP contribution in [0.3, 0.4) is 0 Å². The van der Waals surface area contributed by atoms with Crippen LogP contribution in [0.4, 0.5) is 5.69 Å². The Morgan fingerprint density at radius 3 is 2.27 bits per heavy atom. The number of phenolic OH excluding ortho intramolecular Hbond substituents is 1. The van der Waals surface area contributed by atoms with E-state index in [4.69, 9.17) is 0 Å². The standard InChI is InChI=1S/C17H14BrN3O5/c18-11-5-10(15(22)12(6-11)21(25)26)7-19-20-16(23)13-8-1-2-9(4-3-8)14(13)17(20)24/h1-2,5-9,13-14,22H,3-4H2/b19-7-/t8-,9-,13-,14+/m0/s1. The number of rotatable bonds is 3. The number of halogens is 1. The van der Waals surface area contributed by atoms with Crippen LogP contribution in [0.25, 0.3) is 0 Å². The number of hydrazone groups is 1. The highest BCUT2D eigenvalue weighted by atomic mass is 79.9. The third kappa shape index (κ3) is 2.45. The molecule has 2 bridgehead atoms. The summed E-state index contributed by atoms with van der Waals surface area (Å²) >= 11 is 3.13. The number of amides is 2. The van der Waals surface area contributed by atoms with E-state index < -0.39 is 16.4 Å². The number of benzene rings is 1. The van der Waals surface area contributed by atoms with E-state index in [1.54, 1.807) is 0 Å². The van der Waals surface area contributed by atoms with Crippen LogP contribution < -0.4 is 0 Å². The van der Waals surface area contributed by atoms with E-state index in [1.807, 2.05) is 12.2 Å². The third-order valence-electron chi connectivity index (χ3n) is 5.33. The second kappa shape index (κ2) is 6.01. The number of hydrogen-bond donors (Lipinski definition) is 1. The molecule has 0 spiro atoms. The molecule has 0 radical (unpaired) electrons. The van der Waals surface area contributed by atoms with Gasteiger partial charge in [-0.3, -0.25) is 19.7 Å². The van der Waals surface area contributed by atoms with Gasteiger partial charge < -0.3 is 5.11 Å². The molecule has 26 heavy (non-hydrogen) atoms. The fourth-order valence-corrected chi connectivity index (χ4v) is 4.60. The van der Waals surface area contributed by atoms with Gasteiger partial charge in [0.05, 0.1) is 23.0 Å². The van der Waals surface area contributed by atoms with Crippen molar-refractivity contribution in [1.82, 2.24) is 5.01 Å². The Bertz CT molecular complexity index is 865. The summed E-state index contributed by atoms with van der Waals surface area (Å²) in [5, 5.41) is 25.8. The summed E-state index contributed by atoms with van der Waals surface area (Å²) in [4.78, 5) is 35.6. The second-order valence-corrected chi connectivity index (χ2v) is 7.61. The lowest BCUT2D eigenvalue weighted by molar-refractivity contribution is -0.385. The van der Waals surface area contributed by atoms with Gasteiger partial charge in [-0.15, -0.1) is 0 Å². The maximum atomic E-state index is 12.7. The molecule has 1 aromatic rings.